The number of benzene rings is 1. The Balaban J connectivity index is 2.10. The van der Waals surface area contributed by atoms with E-state index in [-0.39, 0.29) is 0 Å². The number of fused-ring (bicyclic) bond motifs is 7. The van der Waals surface area contributed by atoms with Crippen molar-refractivity contribution in [3.05, 3.63) is 48.8 Å². The van der Waals surface area contributed by atoms with Gasteiger partial charge in [-0.05, 0) is 18.2 Å². The first-order valence-electron chi connectivity index (χ1n) is 6.53. The third kappa shape index (κ3) is 1.11. The zero-order chi connectivity index (χ0) is 13.1. The lowest BCUT2D eigenvalue weighted by atomic mass is 10.2. The molecule has 4 heterocycles. The van der Waals surface area contributed by atoms with Crippen LogP contribution in [-0.2, 0) is 0 Å². The summed E-state index contributed by atoms with van der Waals surface area (Å²) < 4.78 is 0. The van der Waals surface area contributed by atoms with Gasteiger partial charge in [-0.1, -0.05) is 18.2 Å². The zero-order valence-corrected chi connectivity index (χ0v) is 10.5. The number of H-pyrrole nitrogens is 2. The summed E-state index contributed by atoms with van der Waals surface area (Å²) in [6, 6.07) is 12.3. The van der Waals surface area contributed by atoms with Gasteiger partial charge < -0.3 is 9.97 Å². The third-order valence-electron chi connectivity index (χ3n) is 3.86. The smallest absolute Gasteiger partial charge is 0.139 e. The Bertz CT molecular complexity index is 1010. The van der Waals surface area contributed by atoms with Crippen LogP contribution < -0.4 is 0 Å². The molecule has 1 aromatic carbocycles. The Kier molecular flexibility index (Phi) is 1.68. The minimum atomic E-state index is 0.876. The summed E-state index contributed by atoms with van der Waals surface area (Å²) >= 11 is 0. The van der Waals surface area contributed by atoms with Crippen molar-refractivity contribution in [1.29, 1.82) is 0 Å². The van der Waals surface area contributed by atoms with E-state index >= 15 is 0 Å². The van der Waals surface area contributed by atoms with E-state index in [1.807, 2.05) is 30.5 Å². The summed E-state index contributed by atoms with van der Waals surface area (Å²) in [5.74, 6) is 0. The normalized spacial score (nSPS) is 12.0. The van der Waals surface area contributed by atoms with Crippen LogP contribution in [0.1, 0.15) is 0 Å². The lowest BCUT2D eigenvalue weighted by Crippen LogP contribution is -1.77. The summed E-state index contributed by atoms with van der Waals surface area (Å²) in [7, 11) is 0. The van der Waals surface area contributed by atoms with Crippen LogP contribution in [0.25, 0.3) is 43.9 Å². The van der Waals surface area contributed by atoms with Gasteiger partial charge in [0, 0.05) is 34.1 Å². The van der Waals surface area contributed by atoms with E-state index in [1.54, 1.807) is 6.20 Å². The number of nitrogens with zero attached hydrogens (tertiary/aromatic N) is 2. The highest BCUT2D eigenvalue weighted by Gasteiger charge is 2.12. The molecule has 20 heavy (non-hydrogen) atoms. The first kappa shape index (κ1) is 9.97. The van der Waals surface area contributed by atoms with Gasteiger partial charge in [0.25, 0.3) is 0 Å². The molecule has 0 unspecified atom stereocenters. The number of para-hydroxylation sites is 1. The predicted octanol–water partition coefficient (Wildman–Crippen LogP) is 3.75. The summed E-state index contributed by atoms with van der Waals surface area (Å²) in [5, 5.41) is 3.39. The van der Waals surface area contributed by atoms with Crippen molar-refractivity contribution in [2.75, 3.05) is 0 Å². The van der Waals surface area contributed by atoms with Crippen molar-refractivity contribution in [2.24, 2.45) is 0 Å². The van der Waals surface area contributed by atoms with Crippen molar-refractivity contribution >= 4 is 43.9 Å². The molecule has 0 aliphatic rings. The van der Waals surface area contributed by atoms with E-state index in [9.17, 15) is 0 Å². The standard InChI is InChI=1S/C16H10N4/c1-2-6-12-9(4-1)11-8-18-13-10-5-3-7-17-16(10)20-15(13)14(11)19-12/h1-8,19H,(H,17,20). The zero-order valence-electron chi connectivity index (χ0n) is 10.5. The molecule has 0 spiro atoms. The van der Waals surface area contributed by atoms with Crippen molar-refractivity contribution < 1.29 is 0 Å². The van der Waals surface area contributed by atoms with Gasteiger partial charge in [0.15, 0.2) is 0 Å². The average molecular weight is 258 g/mol. The summed E-state index contributed by atoms with van der Waals surface area (Å²) in [6.45, 7) is 0. The van der Waals surface area contributed by atoms with E-state index in [1.165, 1.54) is 5.39 Å². The van der Waals surface area contributed by atoms with Gasteiger partial charge in [-0.2, -0.15) is 0 Å². The van der Waals surface area contributed by atoms with E-state index < -0.39 is 0 Å². The first-order valence-corrected chi connectivity index (χ1v) is 6.53. The largest absolute Gasteiger partial charge is 0.353 e. The molecule has 5 rings (SSSR count). The average Bonchev–Trinajstić information content (AvgIpc) is 3.05. The molecule has 4 aromatic heterocycles. The molecule has 2 N–H and O–H groups in total. The number of aromatic nitrogens is 4. The first-order chi connectivity index (χ1) is 9.92. The topological polar surface area (TPSA) is 57.4 Å². The number of rotatable bonds is 0. The van der Waals surface area contributed by atoms with Gasteiger partial charge >= 0.3 is 0 Å². The monoisotopic (exact) mass is 258 g/mol. The number of aromatic amines is 2. The Morgan fingerprint density at radius 1 is 0.750 bits per heavy atom. The van der Waals surface area contributed by atoms with Crippen LogP contribution in [0.5, 0.6) is 0 Å². The van der Waals surface area contributed by atoms with Gasteiger partial charge in [-0.15, -0.1) is 0 Å². The summed E-state index contributed by atoms with van der Waals surface area (Å²) in [5.41, 5.74) is 5.08. The Morgan fingerprint density at radius 2 is 1.65 bits per heavy atom. The van der Waals surface area contributed by atoms with Crippen LogP contribution in [0.15, 0.2) is 48.8 Å². The molecule has 4 heteroatoms. The molecule has 0 radical (unpaired) electrons. The molecule has 0 bridgehead atoms. The summed E-state index contributed by atoms with van der Waals surface area (Å²) in [4.78, 5) is 15.9. The molecule has 0 saturated carbocycles. The van der Waals surface area contributed by atoms with Crippen LogP contribution in [0.3, 0.4) is 0 Å². The molecule has 5 aromatic rings. The van der Waals surface area contributed by atoms with Crippen LogP contribution >= 0.6 is 0 Å². The number of nitrogens with one attached hydrogen (secondary N) is 2. The lowest BCUT2D eigenvalue weighted by Gasteiger charge is -1.93. The van der Waals surface area contributed by atoms with Gasteiger partial charge in [0.05, 0.1) is 16.6 Å². The lowest BCUT2D eigenvalue weighted by molar-refractivity contribution is 1.35. The van der Waals surface area contributed by atoms with Gasteiger partial charge in [-0.3, -0.25) is 4.98 Å². The molecule has 0 aliphatic heterocycles. The summed E-state index contributed by atoms with van der Waals surface area (Å²) in [6.07, 6.45) is 3.73. The Hall–Kier alpha value is -2.88. The predicted molar refractivity (Wildman–Crippen MR) is 80.8 cm³/mol. The van der Waals surface area contributed by atoms with Gasteiger partial charge in [-0.25, -0.2) is 4.98 Å². The number of pyridine rings is 2. The van der Waals surface area contributed by atoms with E-state index in [2.05, 4.69) is 32.1 Å². The second kappa shape index (κ2) is 3.36. The fourth-order valence-electron chi connectivity index (χ4n) is 2.95. The highest BCUT2D eigenvalue weighted by molar-refractivity contribution is 6.19. The number of hydrogen-bond acceptors (Lipinski definition) is 2. The molecule has 0 fully saturated rings. The molecule has 0 aliphatic carbocycles. The van der Waals surface area contributed by atoms with E-state index in [0.29, 0.717) is 0 Å². The number of hydrogen-bond donors (Lipinski definition) is 2. The van der Waals surface area contributed by atoms with Crippen molar-refractivity contribution in [1.82, 2.24) is 19.9 Å². The second-order valence-corrected chi connectivity index (χ2v) is 4.97. The molecule has 4 nitrogen and oxygen atoms in total. The Labute approximate surface area is 113 Å². The SMILES string of the molecule is c1ccc2c(c1)[nH]c1c2cnc2c3cccnc3[nH]c21. The maximum absolute atomic E-state index is 4.63. The maximum Gasteiger partial charge on any atom is 0.139 e. The molecule has 0 amide bonds. The molecule has 94 valence electrons. The minimum absolute atomic E-state index is 0.876. The molecule has 0 saturated heterocycles. The minimum Gasteiger partial charge on any atom is -0.353 e. The van der Waals surface area contributed by atoms with E-state index in [0.717, 1.165) is 38.5 Å². The fourth-order valence-corrected chi connectivity index (χ4v) is 2.95. The molecule has 0 atom stereocenters. The molecular weight excluding hydrogens is 248 g/mol. The van der Waals surface area contributed by atoms with Crippen LogP contribution in [0.4, 0.5) is 0 Å². The highest BCUT2D eigenvalue weighted by atomic mass is 14.9. The molecular formula is C16H10N4. The second-order valence-electron chi connectivity index (χ2n) is 4.97. The fraction of sp³-hybridized carbons (Fsp3) is 0. The Morgan fingerprint density at radius 3 is 2.65 bits per heavy atom. The van der Waals surface area contributed by atoms with Crippen molar-refractivity contribution in [3.8, 4) is 0 Å². The van der Waals surface area contributed by atoms with Crippen molar-refractivity contribution in [3.63, 3.8) is 0 Å². The van der Waals surface area contributed by atoms with Crippen LogP contribution in [0.2, 0.25) is 0 Å². The van der Waals surface area contributed by atoms with E-state index in [4.69, 9.17) is 0 Å². The van der Waals surface area contributed by atoms with Gasteiger partial charge in [0.2, 0.25) is 0 Å². The van der Waals surface area contributed by atoms with Crippen molar-refractivity contribution in [2.45, 2.75) is 0 Å². The third-order valence-corrected chi connectivity index (χ3v) is 3.86. The quantitative estimate of drug-likeness (QED) is 0.444. The maximum atomic E-state index is 4.63. The van der Waals surface area contributed by atoms with Gasteiger partial charge in [0.1, 0.15) is 5.65 Å². The van der Waals surface area contributed by atoms with Crippen LogP contribution in [-0.4, -0.2) is 19.9 Å². The highest BCUT2D eigenvalue weighted by Crippen LogP contribution is 2.32. The van der Waals surface area contributed by atoms with Crippen LogP contribution in [0, 0.1) is 0 Å².